The molecule has 0 saturated carbocycles. The van der Waals surface area contributed by atoms with E-state index in [1.165, 1.54) is 0 Å². The maximum atomic E-state index is 10.3. The van der Waals surface area contributed by atoms with Gasteiger partial charge >= 0.3 is 110 Å². The minimum atomic E-state index is -2.97. The molecule has 13 N–H and O–H groups in total. The van der Waals surface area contributed by atoms with Crippen molar-refractivity contribution in [2.24, 2.45) is 0 Å². The second-order valence-electron chi connectivity index (χ2n) is 9.85. The first-order chi connectivity index (χ1) is 23.1. The van der Waals surface area contributed by atoms with Crippen molar-refractivity contribution in [1.82, 2.24) is 0 Å². The molecular formula is C24H29Li3O28. The normalized spacial score (nSPS) is 10.3. The molecule has 0 aromatic rings. The molecule has 0 aliphatic rings. The monoisotopic (exact) mass is 786 g/mol. The zero-order chi connectivity index (χ0) is 42.6. The van der Waals surface area contributed by atoms with Crippen LogP contribution in [-0.2, 0) is 57.5 Å². The second kappa shape index (κ2) is 28.7. The fourth-order valence-electron chi connectivity index (χ4n) is 2.83. The van der Waals surface area contributed by atoms with E-state index < -0.39 is 145 Å². The molecule has 0 rings (SSSR count). The van der Waals surface area contributed by atoms with E-state index in [9.17, 15) is 72.9 Å². The van der Waals surface area contributed by atoms with Crippen LogP contribution in [0.3, 0.4) is 0 Å². The van der Waals surface area contributed by atoms with Crippen LogP contribution in [-0.4, -0.2) is 160 Å². The molecule has 0 fully saturated rings. The molecule has 0 aliphatic carbocycles. The topological polar surface area (TPSA) is 537 Å². The Kier molecular flexibility index (Phi) is 34.0. The molecule has 0 heterocycles. The summed E-state index contributed by atoms with van der Waals surface area (Å²) < 4.78 is 0. The first-order valence-corrected chi connectivity index (χ1v) is 12.6. The summed E-state index contributed by atoms with van der Waals surface area (Å²) in [6, 6.07) is 0. The molecule has 0 unspecified atom stereocenters. The number of hydrogen-bond donors (Lipinski definition) is 13. The maximum Gasteiger partial charge on any atom is 1.00 e. The molecule has 0 aromatic heterocycles. The van der Waals surface area contributed by atoms with E-state index in [0.29, 0.717) is 0 Å². The van der Waals surface area contributed by atoms with Crippen molar-refractivity contribution in [3.63, 3.8) is 0 Å². The first kappa shape index (κ1) is 65.2. The molecule has 55 heavy (non-hydrogen) atoms. The Bertz CT molecular complexity index is 1130. The molecule has 0 aliphatic heterocycles. The van der Waals surface area contributed by atoms with E-state index in [1.54, 1.807) is 0 Å². The minimum Gasteiger partial charge on any atom is -0.550 e. The van der Waals surface area contributed by atoms with Gasteiger partial charge in [0.1, 0.15) is 5.60 Å². The van der Waals surface area contributed by atoms with Crippen molar-refractivity contribution in [2.75, 3.05) is 0 Å². The van der Waals surface area contributed by atoms with E-state index in [1.807, 2.05) is 0 Å². The van der Waals surface area contributed by atoms with Crippen molar-refractivity contribution in [3.8, 4) is 0 Å². The average Bonchev–Trinajstić information content (AvgIpc) is 2.85. The summed E-state index contributed by atoms with van der Waals surface area (Å²) in [7, 11) is 0. The summed E-state index contributed by atoms with van der Waals surface area (Å²) in [5, 5.41) is 140. The van der Waals surface area contributed by atoms with Gasteiger partial charge in [-0.15, -0.1) is 0 Å². The number of hydrogen-bond acceptors (Lipinski definition) is 19. The van der Waals surface area contributed by atoms with Gasteiger partial charge in [-0.3, -0.25) is 28.8 Å². The van der Waals surface area contributed by atoms with E-state index in [4.69, 9.17) is 66.4 Å². The van der Waals surface area contributed by atoms with E-state index in [2.05, 4.69) is 0 Å². The fourth-order valence-corrected chi connectivity index (χ4v) is 2.83. The molecule has 296 valence electrons. The Morgan fingerprint density at radius 3 is 0.527 bits per heavy atom. The summed E-state index contributed by atoms with van der Waals surface area (Å²) in [6.45, 7) is 0. The van der Waals surface area contributed by atoms with Crippen molar-refractivity contribution >= 4 is 71.6 Å². The Hall–Kier alpha value is -4.73. The third-order valence-electron chi connectivity index (χ3n) is 5.11. The van der Waals surface area contributed by atoms with Crippen LogP contribution in [0.5, 0.6) is 0 Å². The Labute approximate surface area is 340 Å². The molecule has 0 bridgehead atoms. The first-order valence-electron chi connectivity index (χ1n) is 12.6. The quantitative estimate of drug-likeness (QED) is 0.0509. The Morgan fingerprint density at radius 2 is 0.455 bits per heavy atom. The smallest absolute Gasteiger partial charge is 0.550 e. The zero-order valence-corrected chi connectivity index (χ0v) is 28.6. The number of carboxylic acids is 12. The third-order valence-corrected chi connectivity index (χ3v) is 5.11. The number of aliphatic carboxylic acids is 12. The van der Waals surface area contributed by atoms with Crippen LogP contribution in [0.25, 0.3) is 0 Å². The number of aliphatic hydroxyl groups is 4. The zero-order valence-electron chi connectivity index (χ0n) is 28.6. The molecule has 0 radical (unpaired) electrons. The molecular weight excluding hydrogens is 757 g/mol. The van der Waals surface area contributed by atoms with Crippen LogP contribution in [0, 0.1) is 0 Å². The number of carboxylic acid groups (broad SMARTS) is 12. The molecule has 31 heteroatoms. The molecule has 0 aromatic carbocycles. The van der Waals surface area contributed by atoms with Gasteiger partial charge in [0, 0.05) is 24.8 Å². The Morgan fingerprint density at radius 1 is 0.309 bits per heavy atom. The van der Waals surface area contributed by atoms with Gasteiger partial charge < -0.3 is 96.1 Å². The van der Waals surface area contributed by atoms with Gasteiger partial charge in [-0.2, -0.15) is 0 Å². The van der Waals surface area contributed by atoms with Gasteiger partial charge in [0.25, 0.3) is 0 Å². The number of carbonyl (C=O) groups is 12. The van der Waals surface area contributed by atoms with E-state index in [-0.39, 0.29) is 56.6 Å². The number of carbonyl (C=O) groups excluding carboxylic acids is 3. The van der Waals surface area contributed by atoms with Crippen molar-refractivity contribution < 1.29 is 196 Å². The van der Waals surface area contributed by atoms with Crippen molar-refractivity contribution in [2.45, 2.75) is 73.8 Å². The summed E-state index contributed by atoms with van der Waals surface area (Å²) in [4.78, 5) is 121. The van der Waals surface area contributed by atoms with Crippen LogP contribution in [0.15, 0.2) is 0 Å². The van der Waals surface area contributed by atoms with Gasteiger partial charge in [0.2, 0.25) is 0 Å². The van der Waals surface area contributed by atoms with Gasteiger partial charge in [0.15, 0.2) is 16.8 Å². The minimum absolute atomic E-state index is 0. The molecule has 0 atom stereocenters. The molecule has 0 amide bonds. The van der Waals surface area contributed by atoms with Gasteiger partial charge in [-0.05, 0) is 0 Å². The van der Waals surface area contributed by atoms with E-state index >= 15 is 0 Å². The largest absolute Gasteiger partial charge is 1.00 e. The third kappa shape index (κ3) is 31.3. The van der Waals surface area contributed by atoms with Crippen LogP contribution >= 0.6 is 0 Å². The van der Waals surface area contributed by atoms with Gasteiger partial charge in [-0.25, -0.2) is 14.4 Å². The summed E-state index contributed by atoms with van der Waals surface area (Å²) in [5.74, 6) is -21.0. The van der Waals surface area contributed by atoms with Crippen LogP contribution < -0.4 is 71.9 Å². The van der Waals surface area contributed by atoms with Gasteiger partial charge in [0.05, 0.1) is 44.5 Å². The Balaban J connectivity index is -0.000000110. The summed E-state index contributed by atoms with van der Waals surface area (Å²) in [5.41, 5.74) is -11.2. The summed E-state index contributed by atoms with van der Waals surface area (Å²) >= 11 is 0. The number of rotatable bonds is 20. The van der Waals surface area contributed by atoms with Crippen molar-refractivity contribution in [1.29, 1.82) is 0 Å². The fraction of sp³-hybridized carbons (Fsp3) is 0.500. The maximum absolute atomic E-state index is 10.3. The van der Waals surface area contributed by atoms with Crippen LogP contribution in [0.1, 0.15) is 51.4 Å². The molecule has 0 saturated heterocycles. The van der Waals surface area contributed by atoms with Crippen LogP contribution in [0.4, 0.5) is 0 Å². The van der Waals surface area contributed by atoms with Crippen LogP contribution in [0.2, 0.25) is 0 Å². The molecule has 0 spiro atoms. The second-order valence-corrected chi connectivity index (χ2v) is 9.85. The van der Waals surface area contributed by atoms with Crippen molar-refractivity contribution in [3.05, 3.63) is 0 Å². The van der Waals surface area contributed by atoms with Gasteiger partial charge in [-0.1, -0.05) is 0 Å². The van der Waals surface area contributed by atoms with E-state index in [0.717, 1.165) is 0 Å². The standard InChI is InChI=1S/4C6H8O7.3Li/c4*7-3(8)1-6(13,5(11)12)2-4(9)10;;;/h4*13H,1-2H2,(H,7,8)(H,9,10)(H,11,12);;;/q;;;;3*+1/p-3. The average molecular weight is 786 g/mol. The predicted octanol–water partition coefficient (Wildman–Crippen LogP) is -18.0. The SMILES string of the molecule is O=C(O)CC(O)(CC(=O)O)C(=O)O.O=C(O)CC(O)(CC(=O)O)C(=O)O.O=C(O)CC(O)(CC(=O)O)C(=O)O.O=C([O-])CC(O)(CC(=O)[O-])C(=O)[O-].[Li+].[Li+].[Li+]. The predicted molar refractivity (Wildman–Crippen MR) is 140 cm³/mol. The molecule has 28 nitrogen and oxygen atoms in total. The summed E-state index contributed by atoms with van der Waals surface area (Å²) in [6.07, 6.45) is -9.58.